The van der Waals surface area contributed by atoms with E-state index < -0.39 is 0 Å². The topological polar surface area (TPSA) is 50.2 Å². The van der Waals surface area contributed by atoms with Crippen LogP contribution < -0.4 is 5.56 Å². The molecule has 122 valence electrons. The van der Waals surface area contributed by atoms with Crippen LogP contribution in [-0.2, 0) is 0 Å². The summed E-state index contributed by atoms with van der Waals surface area (Å²) in [5, 5.41) is 0.645. The molecule has 0 aliphatic carbocycles. The Morgan fingerprint density at radius 1 is 1.08 bits per heavy atom. The average molecular weight is 348 g/mol. The molecule has 1 aromatic carbocycles. The first-order valence-corrected chi connectivity index (χ1v) is 8.18. The van der Waals surface area contributed by atoms with Crippen LogP contribution in [0, 0.1) is 0 Å². The molecule has 0 saturated heterocycles. The highest BCUT2D eigenvalue weighted by molar-refractivity contribution is 6.33. The van der Waals surface area contributed by atoms with Crippen molar-refractivity contribution in [2.45, 2.75) is 0 Å². The number of fused-ring (bicyclic) bond motifs is 1. The molecule has 1 N–H and O–H groups in total. The van der Waals surface area contributed by atoms with E-state index >= 15 is 0 Å². The lowest BCUT2D eigenvalue weighted by atomic mass is 10.1. The Kier molecular flexibility index (Phi) is 3.96. The van der Waals surface area contributed by atoms with Gasteiger partial charge in [-0.3, -0.25) is 4.79 Å². The molecule has 0 aliphatic heterocycles. The second-order valence-electron chi connectivity index (χ2n) is 5.60. The molecule has 0 saturated carbocycles. The zero-order valence-corrected chi connectivity index (χ0v) is 13.9. The second kappa shape index (κ2) is 6.42. The minimum absolute atomic E-state index is 0.152. The third-order valence-electron chi connectivity index (χ3n) is 4.00. The van der Waals surface area contributed by atoms with Crippen LogP contribution in [0.1, 0.15) is 11.3 Å². The van der Waals surface area contributed by atoms with Gasteiger partial charge in [0.1, 0.15) is 5.65 Å². The molecule has 0 bridgehead atoms. The molecule has 0 atom stereocenters. The van der Waals surface area contributed by atoms with E-state index in [1.807, 2.05) is 65.2 Å². The molecule has 0 fully saturated rings. The van der Waals surface area contributed by atoms with Crippen molar-refractivity contribution in [1.29, 1.82) is 0 Å². The van der Waals surface area contributed by atoms with Crippen molar-refractivity contribution in [3.05, 3.63) is 93.8 Å². The number of benzene rings is 1. The summed E-state index contributed by atoms with van der Waals surface area (Å²) in [5.41, 5.74) is 3.91. The van der Waals surface area contributed by atoms with E-state index in [0.29, 0.717) is 10.6 Å². The number of hydrogen-bond acceptors (Lipinski definition) is 2. The summed E-state index contributed by atoms with van der Waals surface area (Å²) in [6.45, 7) is 0. The predicted molar refractivity (Wildman–Crippen MR) is 102 cm³/mol. The number of hydrogen-bond donors (Lipinski definition) is 1. The second-order valence-corrected chi connectivity index (χ2v) is 6.01. The molecule has 0 amide bonds. The molecule has 4 rings (SSSR count). The van der Waals surface area contributed by atoms with Crippen LogP contribution in [0.2, 0.25) is 5.02 Å². The van der Waals surface area contributed by atoms with Gasteiger partial charge in [-0.25, -0.2) is 4.98 Å². The normalized spacial score (nSPS) is 11.4. The molecule has 25 heavy (non-hydrogen) atoms. The van der Waals surface area contributed by atoms with Crippen LogP contribution in [0.3, 0.4) is 0 Å². The quantitative estimate of drug-likeness (QED) is 0.592. The van der Waals surface area contributed by atoms with Crippen molar-refractivity contribution in [1.82, 2.24) is 14.4 Å². The number of aromatic amines is 1. The smallest absolute Gasteiger partial charge is 0.255 e. The van der Waals surface area contributed by atoms with Crippen molar-refractivity contribution < 1.29 is 0 Å². The maximum Gasteiger partial charge on any atom is 0.255 e. The standard InChI is InChI=1S/C20H14ClN3O/c21-18-6-2-1-5-17(18)15-11-14(20(25)23-12-15)8-9-16-13-22-19-7-3-4-10-24(16)19/h1-13H,(H,23,25)/b9-8+. The number of nitrogens with zero attached hydrogens (tertiary/aromatic N) is 2. The first kappa shape index (κ1) is 15.4. The van der Waals surface area contributed by atoms with Gasteiger partial charge in [-0.15, -0.1) is 0 Å². The van der Waals surface area contributed by atoms with Gasteiger partial charge in [-0.05, 0) is 36.4 Å². The fourth-order valence-corrected chi connectivity index (χ4v) is 2.97. The van der Waals surface area contributed by atoms with E-state index in [0.717, 1.165) is 22.5 Å². The highest BCUT2D eigenvalue weighted by Crippen LogP contribution is 2.27. The summed E-state index contributed by atoms with van der Waals surface area (Å²) in [5.74, 6) is 0. The summed E-state index contributed by atoms with van der Waals surface area (Å²) in [6.07, 6.45) is 9.05. The number of pyridine rings is 2. The molecule has 3 aromatic heterocycles. The number of halogens is 1. The van der Waals surface area contributed by atoms with Crippen LogP contribution in [0.15, 0.2) is 71.9 Å². The van der Waals surface area contributed by atoms with Crippen LogP contribution in [0.4, 0.5) is 0 Å². The molecule has 3 heterocycles. The van der Waals surface area contributed by atoms with Gasteiger partial charge in [0, 0.05) is 34.1 Å². The molecule has 5 heteroatoms. The Labute approximate surface area is 149 Å². The van der Waals surface area contributed by atoms with E-state index in [-0.39, 0.29) is 5.56 Å². The van der Waals surface area contributed by atoms with Gasteiger partial charge < -0.3 is 9.38 Å². The summed E-state index contributed by atoms with van der Waals surface area (Å²) in [6, 6.07) is 15.2. The number of nitrogens with one attached hydrogen (secondary N) is 1. The molecule has 4 nitrogen and oxygen atoms in total. The number of aromatic nitrogens is 3. The van der Waals surface area contributed by atoms with Crippen molar-refractivity contribution in [2.24, 2.45) is 0 Å². The maximum atomic E-state index is 12.1. The van der Waals surface area contributed by atoms with E-state index in [2.05, 4.69) is 9.97 Å². The maximum absolute atomic E-state index is 12.1. The number of imidazole rings is 1. The predicted octanol–water partition coefficient (Wildman–Crippen LogP) is 4.51. The fraction of sp³-hybridized carbons (Fsp3) is 0. The van der Waals surface area contributed by atoms with Gasteiger partial charge >= 0.3 is 0 Å². The Bertz CT molecular complexity index is 1140. The lowest BCUT2D eigenvalue weighted by Gasteiger charge is -2.04. The van der Waals surface area contributed by atoms with Crippen LogP contribution in [0.5, 0.6) is 0 Å². The SMILES string of the molecule is O=c1[nH]cc(-c2ccccc2Cl)cc1/C=C/c1cnc2ccccn12. The first-order chi connectivity index (χ1) is 12.2. The van der Waals surface area contributed by atoms with Crippen LogP contribution in [-0.4, -0.2) is 14.4 Å². The minimum Gasteiger partial charge on any atom is -0.328 e. The van der Waals surface area contributed by atoms with E-state index in [9.17, 15) is 4.79 Å². The van der Waals surface area contributed by atoms with Crippen molar-refractivity contribution >= 4 is 29.4 Å². The highest BCUT2D eigenvalue weighted by atomic mass is 35.5. The van der Waals surface area contributed by atoms with Crippen molar-refractivity contribution in [2.75, 3.05) is 0 Å². The van der Waals surface area contributed by atoms with E-state index in [1.165, 1.54) is 0 Å². The molecule has 0 radical (unpaired) electrons. The van der Waals surface area contributed by atoms with Gasteiger partial charge in [0.05, 0.1) is 11.9 Å². The Hall–Kier alpha value is -3.11. The van der Waals surface area contributed by atoms with E-state index in [1.54, 1.807) is 18.5 Å². The van der Waals surface area contributed by atoms with Gasteiger partial charge in [0.15, 0.2) is 0 Å². The van der Waals surface area contributed by atoms with Gasteiger partial charge in [0.25, 0.3) is 5.56 Å². The largest absolute Gasteiger partial charge is 0.328 e. The highest BCUT2D eigenvalue weighted by Gasteiger charge is 2.05. The van der Waals surface area contributed by atoms with Gasteiger partial charge in [-0.1, -0.05) is 35.9 Å². The Balaban J connectivity index is 1.74. The number of H-pyrrole nitrogens is 1. The van der Waals surface area contributed by atoms with Crippen LogP contribution in [0.25, 0.3) is 28.9 Å². The van der Waals surface area contributed by atoms with Crippen molar-refractivity contribution in [3.8, 4) is 11.1 Å². The van der Waals surface area contributed by atoms with Gasteiger partial charge in [0.2, 0.25) is 0 Å². The monoisotopic (exact) mass is 347 g/mol. The summed E-state index contributed by atoms with van der Waals surface area (Å²) in [4.78, 5) is 19.3. The summed E-state index contributed by atoms with van der Waals surface area (Å²) in [7, 11) is 0. The number of rotatable bonds is 3. The van der Waals surface area contributed by atoms with Crippen molar-refractivity contribution in [3.63, 3.8) is 0 Å². The molecular formula is C20H14ClN3O. The van der Waals surface area contributed by atoms with E-state index in [4.69, 9.17) is 11.6 Å². The van der Waals surface area contributed by atoms with Crippen LogP contribution >= 0.6 is 11.6 Å². The molecular weight excluding hydrogens is 334 g/mol. The molecule has 0 unspecified atom stereocenters. The zero-order valence-electron chi connectivity index (χ0n) is 13.2. The Morgan fingerprint density at radius 2 is 1.92 bits per heavy atom. The Morgan fingerprint density at radius 3 is 2.80 bits per heavy atom. The van der Waals surface area contributed by atoms with Gasteiger partial charge in [-0.2, -0.15) is 0 Å². The summed E-state index contributed by atoms with van der Waals surface area (Å²) >= 11 is 6.25. The molecule has 0 spiro atoms. The third-order valence-corrected chi connectivity index (χ3v) is 4.33. The first-order valence-electron chi connectivity index (χ1n) is 7.80. The fourth-order valence-electron chi connectivity index (χ4n) is 2.73. The minimum atomic E-state index is -0.152. The lowest BCUT2D eigenvalue weighted by Crippen LogP contribution is -2.08. The zero-order chi connectivity index (χ0) is 17.2. The third kappa shape index (κ3) is 2.99. The average Bonchev–Trinajstić information content (AvgIpc) is 3.05. The lowest BCUT2D eigenvalue weighted by molar-refractivity contribution is 1.17. The molecule has 0 aliphatic rings. The summed E-state index contributed by atoms with van der Waals surface area (Å²) < 4.78 is 1.96. The molecule has 4 aromatic rings.